The maximum absolute atomic E-state index is 9.33. The summed E-state index contributed by atoms with van der Waals surface area (Å²) in [5, 5.41) is 19.1. The molecule has 1 aliphatic rings. The lowest BCUT2D eigenvalue weighted by atomic mass is 10.2. The van der Waals surface area contributed by atoms with Gasteiger partial charge in [-0.05, 0) is 55.2 Å². The highest BCUT2D eigenvalue weighted by atomic mass is 35.5. The average Bonchev–Trinajstić information content (AvgIpc) is 3.36. The van der Waals surface area contributed by atoms with Crippen molar-refractivity contribution >= 4 is 40.8 Å². The highest BCUT2D eigenvalue weighted by Gasteiger charge is 2.24. The van der Waals surface area contributed by atoms with Crippen LogP contribution in [0.3, 0.4) is 0 Å². The Morgan fingerprint density at radius 3 is 2.62 bits per heavy atom. The summed E-state index contributed by atoms with van der Waals surface area (Å²) in [7, 11) is 0. The van der Waals surface area contributed by atoms with Crippen LogP contribution < -0.4 is 4.90 Å². The summed E-state index contributed by atoms with van der Waals surface area (Å²) in [6.07, 6.45) is 2.32. The largest absolute Gasteiger partial charge is 0.341 e. The van der Waals surface area contributed by atoms with E-state index in [1.54, 1.807) is 0 Å². The molecule has 0 spiro atoms. The van der Waals surface area contributed by atoms with Crippen LogP contribution in [-0.4, -0.2) is 32.2 Å². The zero-order valence-corrected chi connectivity index (χ0v) is 16.4. The molecule has 0 radical (unpaired) electrons. The van der Waals surface area contributed by atoms with Gasteiger partial charge in [0.1, 0.15) is 15.8 Å². The number of aryl methyl sites for hydroxylation is 1. The van der Waals surface area contributed by atoms with Gasteiger partial charge in [0, 0.05) is 13.1 Å². The van der Waals surface area contributed by atoms with Crippen LogP contribution in [0.5, 0.6) is 0 Å². The summed E-state index contributed by atoms with van der Waals surface area (Å²) in [6, 6.07) is 10.4. The molecule has 6 nitrogen and oxygen atoms in total. The van der Waals surface area contributed by atoms with Crippen molar-refractivity contribution < 1.29 is 0 Å². The molecule has 0 aliphatic carbocycles. The van der Waals surface area contributed by atoms with E-state index in [4.69, 9.17) is 11.6 Å². The molecule has 0 unspecified atom stereocenters. The third-order valence-corrected chi connectivity index (χ3v) is 6.54. The zero-order chi connectivity index (χ0) is 18.1. The average molecular weight is 403 g/mol. The van der Waals surface area contributed by atoms with E-state index in [9.17, 15) is 5.26 Å². The minimum atomic E-state index is 0.237. The highest BCUT2D eigenvalue weighted by Crippen LogP contribution is 2.38. The first-order chi connectivity index (χ1) is 12.7. The molecule has 9 heteroatoms. The molecule has 26 heavy (non-hydrogen) atoms. The van der Waals surface area contributed by atoms with E-state index in [-0.39, 0.29) is 5.15 Å². The van der Waals surface area contributed by atoms with E-state index in [0.29, 0.717) is 10.7 Å². The first kappa shape index (κ1) is 17.3. The third-order valence-electron chi connectivity index (χ3n) is 4.21. The lowest BCUT2D eigenvalue weighted by Gasteiger charge is -2.18. The highest BCUT2D eigenvalue weighted by molar-refractivity contribution is 8.01. The molecule has 3 heterocycles. The van der Waals surface area contributed by atoms with Crippen LogP contribution in [0, 0.1) is 18.3 Å². The van der Waals surface area contributed by atoms with Crippen LogP contribution in [0.15, 0.2) is 33.6 Å². The molecule has 132 valence electrons. The maximum Gasteiger partial charge on any atom is 0.232 e. The molecule has 1 saturated heterocycles. The van der Waals surface area contributed by atoms with E-state index in [0.717, 1.165) is 41.8 Å². The Hall–Kier alpha value is -2.08. The SMILES string of the molecule is Cc1ccc(-n2c(Sc3snc(Cl)c3C#N)nnc2N2CCCC2)cc1. The first-order valence-corrected chi connectivity index (χ1v) is 10.1. The topological polar surface area (TPSA) is 70.6 Å². The summed E-state index contributed by atoms with van der Waals surface area (Å²) in [5.74, 6) is 0.836. The van der Waals surface area contributed by atoms with Crippen LogP contribution in [0.2, 0.25) is 5.15 Å². The van der Waals surface area contributed by atoms with E-state index in [1.807, 2.05) is 4.57 Å². The van der Waals surface area contributed by atoms with E-state index in [2.05, 4.69) is 56.7 Å². The van der Waals surface area contributed by atoms with Gasteiger partial charge in [0.15, 0.2) is 5.15 Å². The van der Waals surface area contributed by atoms with Crippen LogP contribution in [0.1, 0.15) is 24.0 Å². The summed E-state index contributed by atoms with van der Waals surface area (Å²) in [4.78, 5) is 2.25. The Morgan fingerprint density at radius 1 is 1.19 bits per heavy atom. The lowest BCUT2D eigenvalue weighted by Crippen LogP contribution is -2.22. The normalized spacial score (nSPS) is 14.0. The van der Waals surface area contributed by atoms with Gasteiger partial charge in [-0.1, -0.05) is 29.3 Å². The van der Waals surface area contributed by atoms with Gasteiger partial charge in [-0.2, -0.15) is 9.64 Å². The standard InChI is InChI=1S/C17H15ClN6S2/c1-11-4-6-12(7-5-11)24-16(23-8-2-3-9-23)20-21-17(24)25-15-13(10-19)14(18)22-26-15/h4-7H,2-3,8-9H2,1H3. The quantitative estimate of drug-likeness (QED) is 0.647. The van der Waals surface area contributed by atoms with Crippen molar-refractivity contribution in [3.63, 3.8) is 0 Å². The van der Waals surface area contributed by atoms with Crippen molar-refractivity contribution in [3.8, 4) is 11.8 Å². The van der Waals surface area contributed by atoms with Crippen LogP contribution in [-0.2, 0) is 0 Å². The van der Waals surface area contributed by atoms with E-state index < -0.39 is 0 Å². The summed E-state index contributed by atoms with van der Waals surface area (Å²) < 4.78 is 6.85. The van der Waals surface area contributed by atoms with Gasteiger partial charge in [-0.3, -0.25) is 4.57 Å². The van der Waals surface area contributed by atoms with Gasteiger partial charge in [0.05, 0.1) is 5.69 Å². The molecule has 2 aromatic heterocycles. The molecule has 0 saturated carbocycles. The molecule has 0 amide bonds. The fourth-order valence-electron chi connectivity index (χ4n) is 2.87. The summed E-state index contributed by atoms with van der Waals surface area (Å²) in [6.45, 7) is 4.01. The number of anilines is 1. The van der Waals surface area contributed by atoms with Gasteiger partial charge in [-0.25, -0.2) is 0 Å². The molecular formula is C17H15ClN6S2. The van der Waals surface area contributed by atoms with E-state index in [1.165, 1.54) is 28.9 Å². The van der Waals surface area contributed by atoms with Gasteiger partial charge < -0.3 is 4.90 Å². The fraction of sp³-hybridized carbons (Fsp3) is 0.294. The summed E-state index contributed by atoms with van der Waals surface area (Å²) >= 11 is 8.59. The zero-order valence-electron chi connectivity index (χ0n) is 14.0. The number of nitrogens with zero attached hydrogens (tertiary/aromatic N) is 6. The lowest BCUT2D eigenvalue weighted by molar-refractivity contribution is 0.841. The van der Waals surface area contributed by atoms with Crippen LogP contribution >= 0.6 is 34.9 Å². The number of nitriles is 1. The molecule has 3 aromatic rings. The predicted molar refractivity (Wildman–Crippen MR) is 104 cm³/mol. The number of aromatic nitrogens is 4. The maximum atomic E-state index is 9.33. The Morgan fingerprint density at radius 2 is 1.92 bits per heavy atom. The summed E-state index contributed by atoms with van der Waals surface area (Å²) in [5.41, 5.74) is 2.58. The van der Waals surface area contributed by atoms with Crippen molar-refractivity contribution in [2.75, 3.05) is 18.0 Å². The number of hydrogen-bond acceptors (Lipinski definition) is 7. The van der Waals surface area contributed by atoms with Gasteiger partial charge in [0.25, 0.3) is 0 Å². The van der Waals surface area contributed by atoms with Crippen molar-refractivity contribution in [1.29, 1.82) is 5.26 Å². The minimum absolute atomic E-state index is 0.237. The molecule has 1 fully saturated rings. The smallest absolute Gasteiger partial charge is 0.232 e. The molecule has 1 aliphatic heterocycles. The number of hydrogen-bond donors (Lipinski definition) is 0. The van der Waals surface area contributed by atoms with Gasteiger partial charge in [0.2, 0.25) is 11.1 Å². The van der Waals surface area contributed by atoms with Crippen molar-refractivity contribution in [3.05, 3.63) is 40.5 Å². The second kappa shape index (κ2) is 7.27. The first-order valence-electron chi connectivity index (χ1n) is 8.18. The molecule has 0 bridgehead atoms. The third kappa shape index (κ3) is 3.18. The second-order valence-electron chi connectivity index (χ2n) is 6.00. The minimum Gasteiger partial charge on any atom is -0.341 e. The van der Waals surface area contributed by atoms with Crippen LogP contribution in [0.25, 0.3) is 5.69 Å². The predicted octanol–water partition coefficient (Wildman–Crippen LogP) is 4.31. The second-order valence-corrected chi connectivity index (χ2v) is 8.36. The Bertz CT molecular complexity index is 966. The van der Waals surface area contributed by atoms with Crippen molar-refractivity contribution in [1.82, 2.24) is 19.1 Å². The molecule has 4 rings (SSSR count). The van der Waals surface area contributed by atoms with Gasteiger partial charge >= 0.3 is 0 Å². The molecule has 1 aromatic carbocycles. The molecular weight excluding hydrogens is 388 g/mol. The van der Waals surface area contributed by atoms with E-state index >= 15 is 0 Å². The Balaban J connectivity index is 1.79. The Kier molecular flexibility index (Phi) is 4.85. The number of halogens is 1. The number of benzene rings is 1. The van der Waals surface area contributed by atoms with Crippen molar-refractivity contribution in [2.24, 2.45) is 0 Å². The van der Waals surface area contributed by atoms with Crippen molar-refractivity contribution in [2.45, 2.75) is 29.1 Å². The fourth-order valence-corrected chi connectivity index (χ4v) is 4.97. The van der Waals surface area contributed by atoms with Crippen LogP contribution in [0.4, 0.5) is 5.95 Å². The molecule has 0 N–H and O–H groups in total. The van der Waals surface area contributed by atoms with Gasteiger partial charge in [-0.15, -0.1) is 10.2 Å². The molecule has 0 atom stereocenters. The Labute approximate surface area is 164 Å². The number of rotatable bonds is 4. The monoisotopic (exact) mass is 402 g/mol.